The van der Waals surface area contributed by atoms with Crippen molar-refractivity contribution in [3.63, 3.8) is 0 Å². The minimum atomic E-state index is -1.40. The van der Waals surface area contributed by atoms with Crippen molar-refractivity contribution in [1.29, 1.82) is 0 Å². The Kier molecular flexibility index (Phi) is 15.4. The molecule has 1 aliphatic carbocycles. The fourth-order valence-electron chi connectivity index (χ4n) is 5.12. The van der Waals surface area contributed by atoms with Crippen molar-refractivity contribution in [2.24, 2.45) is 0 Å². The molecule has 10 atom stereocenters. The largest absolute Gasteiger partial charge is 0.458 e. The molecule has 6 radical (unpaired) electrons. The van der Waals surface area contributed by atoms with E-state index in [1.54, 1.807) is 37.5 Å². The fraction of sp³-hybridized carbons (Fsp3) is 0.593. The van der Waals surface area contributed by atoms with E-state index >= 15 is 0 Å². The van der Waals surface area contributed by atoms with Crippen LogP contribution in [-0.4, -0.2) is 136 Å². The highest BCUT2D eigenvalue weighted by atomic mass is 32.2. The molecule has 3 aliphatic rings. The van der Waals surface area contributed by atoms with Crippen LogP contribution >= 0.6 is 48.2 Å². The third kappa shape index (κ3) is 9.55. The molecule has 1 aromatic carbocycles. The van der Waals surface area contributed by atoms with E-state index in [4.69, 9.17) is 59.2 Å². The second-order valence-electron chi connectivity index (χ2n) is 10.2. The van der Waals surface area contributed by atoms with Gasteiger partial charge in [0.2, 0.25) is 12.2 Å². The van der Waals surface area contributed by atoms with Crippen LogP contribution in [0.2, 0.25) is 0 Å². The molecule has 2 saturated heterocycles. The van der Waals surface area contributed by atoms with Crippen molar-refractivity contribution in [2.45, 2.75) is 68.1 Å². The summed E-state index contributed by atoms with van der Waals surface area (Å²) < 4.78 is 45.5. The minimum absolute atomic E-state index is 0.0890. The molecule has 13 nitrogen and oxygen atoms in total. The van der Waals surface area contributed by atoms with E-state index in [1.165, 1.54) is 0 Å². The van der Waals surface area contributed by atoms with E-state index in [-0.39, 0.29) is 46.6 Å². The van der Waals surface area contributed by atoms with Crippen molar-refractivity contribution in [2.75, 3.05) is 30.0 Å². The van der Waals surface area contributed by atoms with Crippen LogP contribution < -0.4 is 14.2 Å². The quantitative estimate of drug-likeness (QED) is 0.0772. The number of benzene rings is 1. The van der Waals surface area contributed by atoms with Gasteiger partial charge in [0.25, 0.3) is 0 Å². The summed E-state index contributed by atoms with van der Waals surface area (Å²) in [6.45, 7) is 5.35. The number of hydrogen-bond acceptors (Lipinski definition) is 16. The molecule has 252 valence electrons. The highest BCUT2D eigenvalue weighted by Gasteiger charge is 2.55. The smallest absolute Gasteiger partial charge is 0.247 e. The number of nitrogens with one attached hydrogen (secondary N) is 1. The van der Waals surface area contributed by atoms with Crippen LogP contribution in [0.5, 0.6) is 11.5 Å². The maximum Gasteiger partial charge on any atom is 0.247 e. The normalized spacial score (nSPS) is 32.1. The Morgan fingerprint density at radius 3 is 2.36 bits per heavy atom. The van der Waals surface area contributed by atoms with Gasteiger partial charge >= 0.3 is 0 Å². The van der Waals surface area contributed by atoms with Crippen molar-refractivity contribution < 1.29 is 55.8 Å². The van der Waals surface area contributed by atoms with Crippen molar-refractivity contribution in [3.05, 3.63) is 41.7 Å². The van der Waals surface area contributed by atoms with E-state index in [0.29, 0.717) is 5.56 Å². The van der Waals surface area contributed by atoms with E-state index < -0.39 is 67.1 Å². The number of aliphatic hydroxyl groups excluding tert-OH is 3. The maximum atomic E-state index is 13.3. The number of rotatable bonds is 17. The molecule has 47 heavy (non-hydrogen) atoms. The average Bonchev–Trinajstić information content (AvgIpc) is 3.67. The molecule has 4 N–H and O–H groups in total. The van der Waals surface area contributed by atoms with Gasteiger partial charge in [-0.25, -0.2) is 0 Å². The zero-order valence-electron chi connectivity index (χ0n) is 25.5. The molecule has 0 bridgehead atoms. The lowest BCUT2D eigenvalue weighted by atomic mass is 9.83. The second kappa shape index (κ2) is 18.7. The first-order valence-electron chi connectivity index (χ1n) is 14.2. The Balaban J connectivity index is 1.51. The predicted molar refractivity (Wildman–Crippen MR) is 183 cm³/mol. The van der Waals surface area contributed by atoms with Crippen LogP contribution in [0, 0.1) is 0 Å². The molecule has 0 spiro atoms. The Morgan fingerprint density at radius 1 is 1.00 bits per heavy atom. The minimum Gasteiger partial charge on any atom is -0.458 e. The molecule has 2 aliphatic heterocycles. The number of carbonyl (C=O) groups is 1. The lowest BCUT2D eigenvalue weighted by Gasteiger charge is -2.43. The monoisotopic (exact) mass is 725 g/mol. The van der Waals surface area contributed by atoms with Gasteiger partial charge in [0.1, 0.15) is 61.4 Å². The van der Waals surface area contributed by atoms with Gasteiger partial charge in [0.05, 0.1) is 41.6 Å². The first kappa shape index (κ1) is 38.6. The van der Waals surface area contributed by atoms with E-state index in [1.807, 2.05) is 0 Å². The molecule has 1 aromatic rings. The number of fused-ring (bicyclic) bond motifs is 1. The average molecular weight is 725 g/mol. The summed E-state index contributed by atoms with van der Waals surface area (Å²) in [5.41, 5.74) is 1.20. The van der Waals surface area contributed by atoms with Gasteiger partial charge in [-0.15, -0.1) is 0 Å². The summed E-state index contributed by atoms with van der Waals surface area (Å²) in [6.07, 6.45) is -6.02. The Bertz CT molecular complexity index is 1240. The van der Waals surface area contributed by atoms with Gasteiger partial charge in [-0.1, -0.05) is 12.6 Å². The summed E-state index contributed by atoms with van der Waals surface area (Å²) in [5.74, 6) is 0.135. The van der Waals surface area contributed by atoms with Gasteiger partial charge in [-0.2, -0.15) is 0 Å². The van der Waals surface area contributed by atoms with Crippen LogP contribution in [0.3, 0.4) is 0 Å². The molecule has 2 heterocycles. The summed E-state index contributed by atoms with van der Waals surface area (Å²) >= 11 is 3.89. The van der Waals surface area contributed by atoms with Crippen molar-refractivity contribution in [1.82, 2.24) is 5.32 Å². The van der Waals surface area contributed by atoms with Crippen LogP contribution in [0.15, 0.2) is 36.1 Å². The van der Waals surface area contributed by atoms with Gasteiger partial charge in [-0.05, 0) is 71.7 Å². The third-order valence-corrected chi connectivity index (χ3v) is 9.04. The summed E-state index contributed by atoms with van der Waals surface area (Å²) in [5, 5.41) is 35.2. The lowest BCUT2D eigenvalue weighted by molar-refractivity contribution is -0.147. The lowest BCUT2D eigenvalue weighted by Crippen LogP contribution is -2.67. The first-order valence-corrected chi connectivity index (χ1v) is 18.1. The molecule has 0 aromatic heterocycles. The number of carbonyl (C=O) groups excluding carboxylic acids is 1. The molecule has 10 unspecified atom stereocenters. The highest BCUT2D eigenvalue weighted by Crippen LogP contribution is 2.38. The Labute approximate surface area is 294 Å². The van der Waals surface area contributed by atoms with Crippen LogP contribution in [-0.2, 0) is 31.6 Å². The van der Waals surface area contributed by atoms with Gasteiger partial charge < -0.3 is 56.3 Å². The standard InChI is InChI=1S/C27H34B3NO12S4/c1-12(26(35)31-17-18(32)19(33)23-25(37-11-36-23)22(17)42-46-9-29)6-14-4-5-15(16(7-14)41-45-8-28)38-27-20(34)24(43-47-10-30)21(39-27)13(2)40-44-3/h4-7,17-25,27,32-34H,2,8-11H2,1,3H3,(H,31,35)/b12-6+. The van der Waals surface area contributed by atoms with Crippen molar-refractivity contribution >= 4 is 83.7 Å². The van der Waals surface area contributed by atoms with E-state index in [0.717, 1.165) is 48.2 Å². The second-order valence-corrected chi connectivity index (χ2v) is 13.0. The fourth-order valence-corrected chi connectivity index (χ4v) is 6.67. The zero-order valence-corrected chi connectivity index (χ0v) is 28.8. The zero-order chi connectivity index (χ0) is 34.1. The third-order valence-electron chi connectivity index (χ3n) is 7.24. The van der Waals surface area contributed by atoms with Crippen molar-refractivity contribution in [3.8, 4) is 11.5 Å². The molecule has 1 amide bonds. The molecule has 4 rings (SSSR count). The SMILES string of the molecule is [B]CSOc1cc(/C=C(\C)C(=O)NC2C(O)C(O)C3OCOC3C2OSC[B])ccc1OC1OC(C(=C)OSC)C(OSC[B])C1O. The molecule has 3 fully saturated rings. The van der Waals surface area contributed by atoms with Crippen LogP contribution in [0.25, 0.3) is 6.08 Å². The topological polar surface area (TPSA) is 164 Å². The molecular formula is C27H34B3NO12S4. The Hall–Kier alpha value is -1.16. The van der Waals surface area contributed by atoms with E-state index in [2.05, 4.69) is 11.9 Å². The molecular weight excluding hydrogens is 691 g/mol. The van der Waals surface area contributed by atoms with Gasteiger partial charge in [0, 0.05) is 23.9 Å². The van der Waals surface area contributed by atoms with Gasteiger partial charge in [0.15, 0.2) is 11.5 Å². The van der Waals surface area contributed by atoms with E-state index in [9.17, 15) is 20.1 Å². The number of aliphatic hydroxyl groups is 3. The van der Waals surface area contributed by atoms with Crippen LogP contribution in [0.1, 0.15) is 12.5 Å². The number of amides is 1. The Morgan fingerprint density at radius 2 is 1.68 bits per heavy atom. The number of hydrogen-bond donors (Lipinski definition) is 4. The summed E-state index contributed by atoms with van der Waals surface area (Å²) in [7, 11) is 16.8. The summed E-state index contributed by atoms with van der Waals surface area (Å²) in [4.78, 5) is 13.3. The summed E-state index contributed by atoms with van der Waals surface area (Å²) in [6, 6.07) is 3.82. The predicted octanol–water partition coefficient (Wildman–Crippen LogP) is 0.796. The maximum absolute atomic E-state index is 13.3. The highest BCUT2D eigenvalue weighted by molar-refractivity contribution is 7.96. The number of ether oxygens (including phenoxy) is 4. The first-order chi connectivity index (χ1) is 22.6. The molecule has 20 heteroatoms. The van der Waals surface area contributed by atoms with Gasteiger partial charge in [-0.3, -0.25) is 4.79 Å². The van der Waals surface area contributed by atoms with Crippen LogP contribution in [0.4, 0.5) is 0 Å². The molecule has 1 saturated carbocycles.